The molecule has 0 unspecified atom stereocenters. The molecule has 18 heavy (non-hydrogen) atoms. The van der Waals surface area contributed by atoms with E-state index >= 15 is 0 Å². The maximum Gasteiger partial charge on any atom is 0.231 e. The van der Waals surface area contributed by atoms with Crippen LogP contribution in [-0.4, -0.2) is 44.4 Å². The van der Waals surface area contributed by atoms with Crippen molar-refractivity contribution in [3.8, 4) is 23.8 Å². The summed E-state index contributed by atoms with van der Waals surface area (Å²) in [6.07, 6.45) is 5.34. The van der Waals surface area contributed by atoms with Crippen LogP contribution in [-0.2, 0) is 0 Å². The van der Waals surface area contributed by atoms with Gasteiger partial charge in [-0.2, -0.15) is 0 Å². The minimum absolute atomic E-state index is 0.323. The van der Waals surface area contributed by atoms with Gasteiger partial charge in [-0.25, -0.2) is 0 Å². The Labute approximate surface area is 107 Å². The lowest BCUT2D eigenvalue weighted by atomic mass is 10.2. The largest absolute Gasteiger partial charge is 0.454 e. The van der Waals surface area contributed by atoms with Crippen LogP contribution in [0, 0.1) is 12.3 Å². The Hall–Kier alpha value is -1.86. The van der Waals surface area contributed by atoms with Gasteiger partial charge in [-0.1, -0.05) is 12.0 Å². The van der Waals surface area contributed by atoms with Crippen LogP contribution in [0.1, 0.15) is 0 Å². The number of hydrogen-bond donors (Lipinski definition) is 0. The third kappa shape index (κ3) is 1.98. The summed E-state index contributed by atoms with van der Waals surface area (Å²) in [5, 5.41) is 0. The van der Waals surface area contributed by atoms with Crippen LogP contribution in [0.15, 0.2) is 18.2 Å². The highest BCUT2D eigenvalue weighted by molar-refractivity contribution is 5.65. The molecule has 0 atom stereocenters. The number of anilines is 1. The second-order valence-corrected chi connectivity index (χ2v) is 4.48. The van der Waals surface area contributed by atoms with Crippen LogP contribution >= 0.6 is 0 Å². The third-order valence-electron chi connectivity index (χ3n) is 3.40. The monoisotopic (exact) mass is 244 g/mol. The van der Waals surface area contributed by atoms with Crippen LogP contribution in [0.5, 0.6) is 11.5 Å². The van der Waals surface area contributed by atoms with Crippen LogP contribution < -0.4 is 14.4 Å². The first-order valence-corrected chi connectivity index (χ1v) is 6.18. The highest BCUT2D eigenvalue weighted by Crippen LogP contribution is 2.41. The highest BCUT2D eigenvalue weighted by atomic mass is 16.7. The predicted molar refractivity (Wildman–Crippen MR) is 70.1 cm³/mol. The Kier molecular flexibility index (Phi) is 2.99. The molecule has 2 heterocycles. The number of rotatable bonds is 2. The van der Waals surface area contributed by atoms with Crippen LogP contribution in [0.3, 0.4) is 0 Å². The molecule has 0 bridgehead atoms. The van der Waals surface area contributed by atoms with E-state index in [2.05, 4.69) is 21.8 Å². The topological polar surface area (TPSA) is 24.9 Å². The van der Waals surface area contributed by atoms with Gasteiger partial charge in [0.1, 0.15) is 0 Å². The average molecular weight is 244 g/mol. The van der Waals surface area contributed by atoms with Gasteiger partial charge < -0.3 is 14.4 Å². The van der Waals surface area contributed by atoms with Gasteiger partial charge in [0.25, 0.3) is 0 Å². The maximum absolute atomic E-state index is 5.55. The van der Waals surface area contributed by atoms with E-state index in [0.29, 0.717) is 6.79 Å². The number of para-hydroxylation sites is 1. The number of ether oxygens (including phenoxy) is 2. The van der Waals surface area contributed by atoms with E-state index in [9.17, 15) is 0 Å². The summed E-state index contributed by atoms with van der Waals surface area (Å²) in [5.41, 5.74) is 1.13. The van der Waals surface area contributed by atoms with Crippen molar-refractivity contribution in [3.63, 3.8) is 0 Å². The van der Waals surface area contributed by atoms with Gasteiger partial charge in [-0.15, -0.1) is 6.42 Å². The molecule has 0 N–H and O–H groups in total. The lowest BCUT2D eigenvalue weighted by Crippen LogP contribution is -2.46. The van der Waals surface area contributed by atoms with Crippen molar-refractivity contribution in [1.29, 1.82) is 0 Å². The van der Waals surface area contributed by atoms with Crippen LogP contribution in [0.25, 0.3) is 0 Å². The molecule has 0 aliphatic carbocycles. The molecule has 0 spiro atoms. The number of hydrogen-bond acceptors (Lipinski definition) is 4. The molecule has 1 aromatic rings. The number of terminal acetylenes is 1. The minimum Gasteiger partial charge on any atom is -0.454 e. The fraction of sp³-hybridized carbons (Fsp3) is 0.429. The fourth-order valence-corrected chi connectivity index (χ4v) is 2.44. The van der Waals surface area contributed by atoms with Gasteiger partial charge in [0.2, 0.25) is 6.79 Å². The first kappa shape index (κ1) is 11.2. The molecule has 3 rings (SSSR count). The second kappa shape index (κ2) is 4.79. The summed E-state index contributed by atoms with van der Waals surface area (Å²) in [7, 11) is 0. The van der Waals surface area contributed by atoms with Gasteiger partial charge in [0.15, 0.2) is 11.5 Å². The van der Waals surface area contributed by atoms with E-state index in [-0.39, 0.29) is 0 Å². The Morgan fingerprint density at radius 1 is 1.17 bits per heavy atom. The molecule has 1 saturated heterocycles. The lowest BCUT2D eigenvalue weighted by Gasteiger charge is -2.35. The van der Waals surface area contributed by atoms with Gasteiger partial charge in [-0.3, -0.25) is 4.90 Å². The molecule has 0 aromatic heterocycles. The lowest BCUT2D eigenvalue weighted by molar-refractivity contribution is 0.174. The standard InChI is InChI=1S/C14H16N2O2/c1-2-6-15-7-9-16(10-8-15)12-4-3-5-13-14(12)18-11-17-13/h1,3-5H,6-11H2. The zero-order valence-electron chi connectivity index (χ0n) is 10.3. The summed E-state index contributed by atoms with van der Waals surface area (Å²) in [6, 6.07) is 6.04. The first-order valence-electron chi connectivity index (χ1n) is 6.18. The minimum atomic E-state index is 0.323. The van der Waals surface area contributed by atoms with E-state index in [0.717, 1.165) is 49.9 Å². The zero-order chi connectivity index (χ0) is 12.4. The molecule has 0 amide bonds. The summed E-state index contributed by atoms with van der Waals surface area (Å²) >= 11 is 0. The van der Waals surface area contributed by atoms with Crippen LogP contribution in [0.2, 0.25) is 0 Å². The number of fused-ring (bicyclic) bond motifs is 1. The maximum atomic E-state index is 5.55. The summed E-state index contributed by atoms with van der Waals surface area (Å²) in [4.78, 5) is 4.62. The van der Waals surface area contributed by atoms with Crippen molar-refractivity contribution in [2.45, 2.75) is 0 Å². The molecule has 4 heteroatoms. The molecule has 4 nitrogen and oxygen atoms in total. The molecule has 94 valence electrons. The second-order valence-electron chi connectivity index (χ2n) is 4.48. The van der Waals surface area contributed by atoms with Crippen molar-refractivity contribution in [2.75, 3.05) is 44.4 Å². The molecule has 1 aromatic carbocycles. The van der Waals surface area contributed by atoms with E-state index in [1.807, 2.05) is 12.1 Å². The third-order valence-corrected chi connectivity index (χ3v) is 3.40. The van der Waals surface area contributed by atoms with Crippen molar-refractivity contribution in [1.82, 2.24) is 4.90 Å². The fourth-order valence-electron chi connectivity index (χ4n) is 2.44. The normalized spacial score (nSPS) is 18.7. The zero-order valence-corrected chi connectivity index (χ0v) is 10.3. The number of piperazine rings is 1. The molecular weight excluding hydrogens is 228 g/mol. The van der Waals surface area contributed by atoms with Crippen molar-refractivity contribution < 1.29 is 9.47 Å². The van der Waals surface area contributed by atoms with Crippen molar-refractivity contribution >= 4 is 5.69 Å². The molecule has 0 radical (unpaired) electrons. The van der Waals surface area contributed by atoms with Crippen molar-refractivity contribution in [3.05, 3.63) is 18.2 Å². The van der Waals surface area contributed by atoms with E-state index in [4.69, 9.17) is 15.9 Å². The first-order chi connectivity index (χ1) is 8.88. The van der Waals surface area contributed by atoms with Gasteiger partial charge >= 0.3 is 0 Å². The Bertz CT molecular complexity index is 473. The highest BCUT2D eigenvalue weighted by Gasteiger charge is 2.23. The average Bonchev–Trinajstić information content (AvgIpc) is 2.88. The van der Waals surface area contributed by atoms with E-state index in [1.54, 1.807) is 0 Å². The quantitative estimate of drug-likeness (QED) is 0.729. The summed E-state index contributed by atoms with van der Waals surface area (Å²) < 4.78 is 11.0. The van der Waals surface area contributed by atoms with Gasteiger partial charge in [0, 0.05) is 26.2 Å². The SMILES string of the molecule is C#CCN1CCN(c2cccc3c2OCO3)CC1. The summed E-state index contributed by atoms with van der Waals surface area (Å²) in [6.45, 7) is 5.00. The van der Waals surface area contributed by atoms with Crippen LogP contribution in [0.4, 0.5) is 5.69 Å². The summed E-state index contributed by atoms with van der Waals surface area (Å²) in [5.74, 6) is 4.42. The van der Waals surface area contributed by atoms with E-state index < -0.39 is 0 Å². The molecule has 2 aliphatic rings. The Morgan fingerprint density at radius 3 is 2.78 bits per heavy atom. The van der Waals surface area contributed by atoms with E-state index in [1.165, 1.54) is 0 Å². The number of benzene rings is 1. The smallest absolute Gasteiger partial charge is 0.231 e. The molecule has 1 fully saturated rings. The molecule has 2 aliphatic heterocycles. The van der Waals surface area contributed by atoms with Crippen molar-refractivity contribution in [2.24, 2.45) is 0 Å². The predicted octanol–water partition coefficient (Wildman–Crippen LogP) is 1.17. The Morgan fingerprint density at radius 2 is 2.00 bits per heavy atom. The van der Waals surface area contributed by atoms with Gasteiger partial charge in [0.05, 0.1) is 12.2 Å². The number of nitrogens with zero attached hydrogens (tertiary/aromatic N) is 2. The molecule has 0 saturated carbocycles. The van der Waals surface area contributed by atoms with Gasteiger partial charge in [-0.05, 0) is 12.1 Å². The Balaban J connectivity index is 1.74. The molecular formula is C14H16N2O2.